The fourth-order valence-corrected chi connectivity index (χ4v) is 4.04. The van der Waals surface area contributed by atoms with Crippen molar-refractivity contribution in [1.29, 1.82) is 0 Å². The lowest BCUT2D eigenvalue weighted by atomic mass is 9.84. The summed E-state index contributed by atoms with van der Waals surface area (Å²) < 4.78 is 0. The summed E-state index contributed by atoms with van der Waals surface area (Å²) in [7, 11) is 2.17. The molecule has 0 aromatic carbocycles. The smallest absolute Gasteiger partial charge is 0.151 e. The van der Waals surface area contributed by atoms with Gasteiger partial charge in [0, 0.05) is 25.7 Å². The fourth-order valence-electron chi connectivity index (χ4n) is 4.04. The molecule has 2 aliphatic rings. The van der Waals surface area contributed by atoms with E-state index in [1.165, 1.54) is 32.1 Å². The third-order valence-corrected chi connectivity index (χ3v) is 5.46. The summed E-state index contributed by atoms with van der Waals surface area (Å²) in [4.78, 5) is 4.71. The summed E-state index contributed by atoms with van der Waals surface area (Å²) in [5, 5.41) is 19.3. The van der Waals surface area contributed by atoms with Crippen LogP contribution in [0.2, 0.25) is 0 Å². The first kappa shape index (κ1) is 16.7. The Morgan fingerprint density at radius 3 is 2.70 bits per heavy atom. The predicted octanol–water partition coefficient (Wildman–Crippen LogP) is 2.38. The van der Waals surface area contributed by atoms with E-state index in [1.807, 2.05) is 13.0 Å². The third kappa shape index (κ3) is 4.21. The van der Waals surface area contributed by atoms with E-state index < -0.39 is 5.60 Å². The predicted molar refractivity (Wildman–Crippen MR) is 92.7 cm³/mol. The molecule has 23 heavy (non-hydrogen) atoms. The first-order valence-electron chi connectivity index (χ1n) is 9.04. The Morgan fingerprint density at radius 2 is 2.00 bits per heavy atom. The van der Waals surface area contributed by atoms with Gasteiger partial charge in [0.2, 0.25) is 0 Å². The molecular formula is C18H30N4O. The van der Waals surface area contributed by atoms with Crippen LogP contribution in [0.25, 0.3) is 0 Å². The maximum Gasteiger partial charge on any atom is 0.151 e. The molecule has 0 amide bonds. The number of aryl methyl sites for hydroxylation is 1. The van der Waals surface area contributed by atoms with Crippen molar-refractivity contribution < 1.29 is 5.11 Å². The molecule has 1 aromatic rings. The van der Waals surface area contributed by atoms with E-state index in [0.29, 0.717) is 6.04 Å². The van der Waals surface area contributed by atoms with Gasteiger partial charge in [0.15, 0.2) is 5.82 Å². The highest BCUT2D eigenvalue weighted by Crippen LogP contribution is 2.30. The van der Waals surface area contributed by atoms with Gasteiger partial charge in [-0.2, -0.15) is 5.10 Å². The van der Waals surface area contributed by atoms with E-state index in [2.05, 4.69) is 33.1 Å². The Balaban J connectivity index is 1.60. The minimum Gasteiger partial charge on any atom is -0.389 e. The van der Waals surface area contributed by atoms with Gasteiger partial charge in [-0.25, -0.2) is 0 Å². The highest BCUT2D eigenvalue weighted by atomic mass is 16.3. The van der Waals surface area contributed by atoms with E-state index >= 15 is 0 Å². The van der Waals surface area contributed by atoms with Gasteiger partial charge >= 0.3 is 0 Å². The minimum atomic E-state index is -0.473. The van der Waals surface area contributed by atoms with Gasteiger partial charge in [0.25, 0.3) is 0 Å². The number of anilines is 1. The van der Waals surface area contributed by atoms with Crippen LogP contribution in [0.3, 0.4) is 0 Å². The van der Waals surface area contributed by atoms with Gasteiger partial charge < -0.3 is 10.0 Å². The molecule has 1 aliphatic carbocycles. The first-order chi connectivity index (χ1) is 11.1. The van der Waals surface area contributed by atoms with Crippen molar-refractivity contribution in [3.63, 3.8) is 0 Å². The molecule has 2 heterocycles. The van der Waals surface area contributed by atoms with Crippen LogP contribution in [0.4, 0.5) is 5.82 Å². The molecule has 3 rings (SSSR count). The zero-order chi connectivity index (χ0) is 16.3. The summed E-state index contributed by atoms with van der Waals surface area (Å²) in [5.41, 5.74) is 0.484. The Hall–Kier alpha value is -1.20. The second-order valence-corrected chi connectivity index (χ2v) is 7.48. The molecule has 1 N–H and O–H groups in total. The standard InChI is InChI=1S/C18H30N4O/c1-15-8-9-17(20-19-15)22-12-6-7-16(13-22)21(2)14-18(23)10-4-3-5-11-18/h8-9,16,23H,3-7,10-14H2,1-2H3/t16-/m0/s1. The second-order valence-electron chi connectivity index (χ2n) is 7.48. The third-order valence-electron chi connectivity index (χ3n) is 5.46. The maximum atomic E-state index is 10.8. The molecule has 0 bridgehead atoms. The molecule has 1 saturated carbocycles. The van der Waals surface area contributed by atoms with Crippen molar-refractivity contribution in [3.05, 3.63) is 17.8 Å². The van der Waals surface area contributed by atoms with E-state index in [9.17, 15) is 5.11 Å². The van der Waals surface area contributed by atoms with Crippen molar-refractivity contribution in [2.45, 2.75) is 63.5 Å². The van der Waals surface area contributed by atoms with E-state index in [0.717, 1.165) is 44.0 Å². The Kier molecular flexibility index (Phi) is 5.17. The summed E-state index contributed by atoms with van der Waals surface area (Å²) >= 11 is 0. The van der Waals surface area contributed by atoms with E-state index in [-0.39, 0.29) is 0 Å². The molecule has 1 atom stereocenters. The lowest BCUT2D eigenvalue weighted by Crippen LogP contribution is -2.52. The molecular weight excluding hydrogens is 288 g/mol. The molecule has 0 spiro atoms. The molecule has 128 valence electrons. The molecule has 1 saturated heterocycles. The Labute approximate surface area is 139 Å². The van der Waals surface area contributed by atoms with Crippen LogP contribution < -0.4 is 4.90 Å². The monoisotopic (exact) mass is 318 g/mol. The largest absolute Gasteiger partial charge is 0.389 e. The van der Waals surface area contributed by atoms with Gasteiger partial charge in [-0.05, 0) is 51.8 Å². The van der Waals surface area contributed by atoms with Crippen LogP contribution in [0, 0.1) is 6.92 Å². The van der Waals surface area contributed by atoms with Crippen molar-refractivity contribution in [1.82, 2.24) is 15.1 Å². The topological polar surface area (TPSA) is 52.5 Å². The van der Waals surface area contributed by atoms with Gasteiger partial charge in [0.05, 0.1) is 11.3 Å². The summed E-state index contributed by atoms with van der Waals surface area (Å²) in [6, 6.07) is 4.58. The van der Waals surface area contributed by atoms with Gasteiger partial charge in [-0.1, -0.05) is 19.3 Å². The van der Waals surface area contributed by atoms with Crippen LogP contribution >= 0.6 is 0 Å². The van der Waals surface area contributed by atoms with E-state index in [4.69, 9.17) is 0 Å². The van der Waals surface area contributed by atoms with Gasteiger partial charge in [-0.3, -0.25) is 4.90 Å². The van der Waals surface area contributed by atoms with Crippen LogP contribution in [0.1, 0.15) is 50.6 Å². The lowest BCUT2D eigenvalue weighted by Gasteiger charge is -2.42. The highest BCUT2D eigenvalue weighted by molar-refractivity contribution is 5.38. The zero-order valence-corrected chi connectivity index (χ0v) is 14.5. The quantitative estimate of drug-likeness (QED) is 0.924. The Morgan fingerprint density at radius 1 is 1.22 bits per heavy atom. The van der Waals surface area contributed by atoms with E-state index in [1.54, 1.807) is 0 Å². The lowest BCUT2D eigenvalue weighted by molar-refractivity contribution is -0.0302. The number of rotatable bonds is 4. The fraction of sp³-hybridized carbons (Fsp3) is 0.778. The van der Waals surface area contributed by atoms with Crippen molar-refractivity contribution >= 4 is 5.82 Å². The number of piperidine rings is 1. The van der Waals surface area contributed by atoms with Gasteiger partial charge in [0.1, 0.15) is 0 Å². The summed E-state index contributed by atoms with van der Waals surface area (Å²) in [6.45, 7) is 4.79. The average Bonchev–Trinajstić information content (AvgIpc) is 2.56. The zero-order valence-electron chi connectivity index (χ0n) is 14.5. The average molecular weight is 318 g/mol. The molecule has 5 nitrogen and oxygen atoms in total. The number of hydrogen-bond acceptors (Lipinski definition) is 5. The van der Waals surface area contributed by atoms with Crippen molar-refractivity contribution in [3.8, 4) is 0 Å². The number of hydrogen-bond donors (Lipinski definition) is 1. The normalized spacial score (nSPS) is 24.9. The van der Waals surface area contributed by atoms with Crippen LogP contribution in [0.5, 0.6) is 0 Å². The molecule has 0 unspecified atom stereocenters. The molecule has 0 radical (unpaired) electrons. The van der Waals surface area contributed by atoms with Crippen LogP contribution in [-0.4, -0.2) is 58.5 Å². The first-order valence-corrected chi connectivity index (χ1v) is 9.04. The number of aromatic nitrogens is 2. The molecule has 1 aromatic heterocycles. The number of likely N-dealkylation sites (N-methyl/N-ethyl adjacent to an activating group) is 1. The molecule has 5 heteroatoms. The van der Waals surface area contributed by atoms with Gasteiger partial charge in [-0.15, -0.1) is 5.10 Å². The molecule has 1 aliphatic heterocycles. The number of nitrogens with zero attached hydrogens (tertiary/aromatic N) is 4. The van der Waals surface area contributed by atoms with Crippen LogP contribution in [-0.2, 0) is 0 Å². The second kappa shape index (κ2) is 7.14. The van der Waals surface area contributed by atoms with Crippen molar-refractivity contribution in [2.75, 3.05) is 31.6 Å². The SMILES string of the molecule is Cc1ccc(N2CCC[C@H](N(C)CC3(O)CCCCC3)C2)nn1. The minimum absolute atomic E-state index is 0.473. The maximum absolute atomic E-state index is 10.8. The summed E-state index contributed by atoms with van der Waals surface area (Å²) in [6.07, 6.45) is 7.88. The van der Waals surface area contributed by atoms with Crippen molar-refractivity contribution in [2.24, 2.45) is 0 Å². The number of aliphatic hydroxyl groups is 1. The van der Waals surface area contributed by atoms with Crippen LogP contribution in [0.15, 0.2) is 12.1 Å². The highest BCUT2D eigenvalue weighted by Gasteiger charge is 2.33. The Bertz CT molecular complexity index is 498. The summed E-state index contributed by atoms with van der Waals surface area (Å²) in [5.74, 6) is 0.977. The molecule has 2 fully saturated rings.